The number of aromatic nitrogens is 2. The number of fused-ring (bicyclic) bond motifs is 1. The zero-order valence-electron chi connectivity index (χ0n) is 20.5. The Morgan fingerprint density at radius 1 is 0.917 bits per heavy atom. The lowest BCUT2D eigenvalue weighted by Gasteiger charge is -2.18. The smallest absolute Gasteiger partial charge is 0.253 e. The lowest BCUT2D eigenvalue weighted by atomic mass is 10.1. The molecule has 0 aliphatic heterocycles. The summed E-state index contributed by atoms with van der Waals surface area (Å²) in [6.07, 6.45) is 0.624. The SMILES string of the molecule is Cc1cc(C)cc(C(=O)N(C)CCCn2c(=N)n(CC(=O)c3ccc(Cl)cc3)c3cccc(Cl)c32)c1. The van der Waals surface area contributed by atoms with Crippen LogP contribution in [-0.2, 0) is 13.1 Å². The molecule has 6 nitrogen and oxygen atoms in total. The highest BCUT2D eigenvalue weighted by Crippen LogP contribution is 2.23. The summed E-state index contributed by atoms with van der Waals surface area (Å²) >= 11 is 12.5. The average molecular weight is 523 g/mol. The molecule has 1 N–H and O–H groups in total. The Morgan fingerprint density at radius 2 is 1.58 bits per heavy atom. The molecule has 36 heavy (non-hydrogen) atoms. The van der Waals surface area contributed by atoms with Crippen LogP contribution < -0.4 is 5.62 Å². The first kappa shape index (κ1) is 25.7. The van der Waals surface area contributed by atoms with Crippen LogP contribution in [0.25, 0.3) is 11.0 Å². The summed E-state index contributed by atoms with van der Waals surface area (Å²) < 4.78 is 3.48. The van der Waals surface area contributed by atoms with Crippen LogP contribution in [0.15, 0.2) is 60.7 Å². The molecule has 1 aromatic heterocycles. The summed E-state index contributed by atoms with van der Waals surface area (Å²) in [6.45, 7) is 4.96. The minimum absolute atomic E-state index is 0.00933. The summed E-state index contributed by atoms with van der Waals surface area (Å²) in [5.74, 6) is -0.158. The van der Waals surface area contributed by atoms with Crippen LogP contribution >= 0.6 is 23.2 Å². The maximum absolute atomic E-state index is 12.9. The number of carbonyl (C=O) groups is 2. The molecule has 0 bridgehead atoms. The number of aryl methyl sites for hydroxylation is 3. The van der Waals surface area contributed by atoms with E-state index in [0.29, 0.717) is 46.2 Å². The van der Waals surface area contributed by atoms with Crippen LogP contribution in [0.3, 0.4) is 0 Å². The number of imidazole rings is 1. The summed E-state index contributed by atoms with van der Waals surface area (Å²) in [4.78, 5) is 27.6. The second kappa shape index (κ2) is 10.7. The van der Waals surface area contributed by atoms with Crippen LogP contribution in [0.1, 0.15) is 38.3 Å². The van der Waals surface area contributed by atoms with Crippen LogP contribution in [0.2, 0.25) is 10.0 Å². The van der Waals surface area contributed by atoms with Gasteiger partial charge in [-0.15, -0.1) is 0 Å². The molecular weight excluding hydrogens is 495 g/mol. The molecule has 0 saturated heterocycles. The normalized spacial score (nSPS) is 11.1. The van der Waals surface area contributed by atoms with Gasteiger partial charge in [0.15, 0.2) is 5.78 Å². The Morgan fingerprint density at radius 3 is 2.25 bits per heavy atom. The van der Waals surface area contributed by atoms with Crippen molar-refractivity contribution in [2.75, 3.05) is 13.6 Å². The standard InChI is InChI=1S/C28H28Cl2N4O2/c1-18-14-19(2)16-21(15-18)27(36)32(3)12-5-13-33-26-23(30)6-4-7-24(26)34(28(33)31)17-25(35)20-8-10-22(29)11-9-20/h4,6-11,14-16,31H,5,12-13,17H2,1-3H3. The van der Waals surface area contributed by atoms with Gasteiger partial charge in [-0.2, -0.15) is 0 Å². The van der Waals surface area contributed by atoms with Crippen molar-refractivity contribution in [2.45, 2.75) is 33.4 Å². The monoisotopic (exact) mass is 522 g/mol. The quantitative estimate of drug-likeness (QED) is 0.293. The van der Waals surface area contributed by atoms with Gasteiger partial charge in [-0.1, -0.05) is 46.5 Å². The number of amides is 1. The van der Waals surface area contributed by atoms with E-state index < -0.39 is 0 Å². The van der Waals surface area contributed by atoms with Gasteiger partial charge >= 0.3 is 0 Å². The van der Waals surface area contributed by atoms with E-state index in [9.17, 15) is 9.59 Å². The van der Waals surface area contributed by atoms with Crippen molar-refractivity contribution in [1.82, 2.24) is 14.0 Å². The summed E-state index contributed by atoms with van der Waals surface area (Å²) in [6, 6.07) is 18.0. The van der Waals surface area contributed by atoms with Crippen molar-refractivity contribution in [3.05, 3.63) is 98.6 Å². The summed E-state index contributed by atoms with van der Waals surface area (Å²) in [7, 11) is 1.79. The fourth-order valence-corrected chi connectivity index (χ4v) is 4.89. The maximum Gasteiger partial charge on any atom is 0.253 e. The van der Waals surface area contributed by atoms with Crippen LogP contribution in [0.4, 0.5) is 0 Å². The third kappa shape index (κ3) is 5.40. The number of benzene rings is 3. The van der Waals surface area contributed by atoms with E-state index in [2.05, 4.69) is 0 Å². The van der Waals surface area contributed by atoms with Gasteiger partial charge < -0.3 is 14.0 Å². The number of hydrogen-bond acceptors (Lipinski definition) is 3. The predicted octanol–water partition coefficient (Wildman–Crippen LogP) is 5.89. The van der Waals surface area contributed by atoms with Crippen LogP contribution in [0, 0.1) is 19.3 Å². The van der Waals surface area contributed by atoms with Crippen molar-refractivity contribution in [2.24, 2.45) is 0 Å². The number of halogens is 2. The molecule has 0 atom stereocenters. The van der Waals surface area contributed by atoms with Gasteiger partial charge in [-0.25, -0.2) is 0 Å². The molecule has 0 saturated carbocycles. The highest BCUT2D eigenvalue weighted by Gasteiger charge is 2.18. The average Bonchev–Trinajstić information content (AvgIpc) is 3.10. The van der Waals surface area contributed by atoms with E-state index in [0.717, 1.165) is 16.6 Å². The van der Waals surface area contributed by atoms with Crippen molar-refractivity contribution >= 4 is 45.9 Å². The molecule has 0 fully saturated rings. The molecule has 0 radical (unpaired) electrons. The van der Waals surface area contributed by atoms with Crippen LogP contribution in [0.5, 0.6) is 0 Å². The minimum Gasteiger partial charge on any atom is -0.342 e. The molecule has 0 spiro atoms. The molecule has 1 heterocycles. The number of nitrogens with one attached hydrogen (secondary N) is 1. The second-order valence-electron chi connectivity index (χ2n) is 9.06. The molecule has 4 aromatic rings. The molecule has 1 amide bonds. The molecular formula is C28H28Cl2N4O2. The molecule has 186 valence electrons. The van der Waals surface area contributed by atoms with E-state index in [1.165, 1.54) is 0 Å². The van der Waals surface area contributed by atoms with Crippen molar-refractivity contribution < 1.29 is 9.59 Å². The van der Waals surface area contributed by atoms with Gasteiger partial charge in [-0.3, -0.25) is 15.0 Å². The van der Waals surface area contributed by atoms with Crippen molar-refractivity contribution in [1.29, 1.82) is 5.41 Å². The Bertz CT molecular complexity index is 1480. The van der Waals surface area contributed by atoms with Gasteiger partial charge in [0, 0.05) is 36.3 Å². The van der Waals surface area contributed by atoms with E-state index >= 15 is 0 Å². The number of rotatable bonds is 8. The number of Topliss-reactive ketones (excluding diaryl/α,β-unsaturated/α-hetero) is 1. The van der Waals surface area contributed by atoms with Gasteiger partial charge in [0.1, 0.15) is 0 Å². The Labute approximate surface area is 220 Å². The third-order valence-corrected chi connectivity index (χ3v) is 6.75. The first-order valence-corrected chi connectivity index (χ1v) is 12.5. The van der Waals surface area contributed by atoms with E-state index in [1.807, 2.05) is 48.7 Å². The topological polar surface area (TPSA) is 71.1 Å². The fourth-order valence-electron chi connectivity index (χ4n) is 4.49. The molecule has 3 aromatic carbocycles. The largest absolute Gasteiger partial charge is 0.342 e. The molecule has 0 aliphatic rings. The Hall–Kier alpha value is -3.35. The second-order valence-corrected chi connectivity index (χ2v) is 9.90. The van der Waals surface area contributed by atoms with Crippen molar-refractivity contribution in [3.8, 4) is 0 Å². The lowest BCUT2D eigenvalue weighted by Crippen LogP contribution is -2.31. The van der Waals surface area contributed by atoms with E-state index in [-0.39, 0.29) is 23.9 Å². The first-order valence-electron chi connectivity index (χ1n) is 11.7. The van der Waals surface area contributed by atoms with Gasteiger partial charge in [0.05, 0.1) is 22.6 Å². The Kier molecular flexibility index (Phi) is 7.67. The summed E-state index contributed by atoms with van der Waals surface area (Å²) in [5, 5.41) is 9.90. The van der Waals surface area contributed by atoms with Crippen LogP contribution in [-0.4, -0.2) is 39.3 Å². The molecule has 4 rings (SSSR count). The highest BCUT2D eigenvalue weighted by molar-refractivity contribution is 6.35. The number of nitrogens with zero attached hydrogens (tertiary/aromatic N) is 3. The zero-order chi connectivity index (χ0) is 26.0. The van der Waals surface area contributed by atoms with Gasteiger partial charge in [0.25, 0.3) is 5.91 Å². The predicted molar refractivity (Wildman–Crippen MR) is 144 cm³/mol. The first-order chi connectivity index (χ1) is 17.2. The van der Waals surface area contributed by atoms with Gasteiger partial charge in [0.2, 0.25) is 5.62 Å². The minimum atomic E-state index is -0.122. The maximum atomic E-state index is 12.9. The lowest BCUT2D eigenvalue weighted by molar-refractivity contribution is 0.0791. The Balaban J connectivity index is 1.54. The third-order valence-electron chi connectivity index (χ3n) is 6.20. The fraction of sp³-hybridized carbons (Fsp3) is 0.250. The molecule has 8 heteroatoms. The molecule has 0 aliphatic carbocycles. The number of ketones is 1. The van der Waals surface area contributed by atoms with E-state index in [4.69, 9.17) is 28.6 Å². The zero-order valence-corrected chi connectivity index (χ0v) is 22.0. The van der Waals surface area contributed by atoms with E-state index in [1.54, 1.807) is 46.8 Å². The number of para-hydroxylation sites is 1. The summed E-state index contributed by atoms with van der Waals surface area (Å²) in [5.41, 5.74) is 4.91. The molecule has 0 unspecified atom stereocenters. The van der Waals surface area contributed by atoms with Crippen molar-refractivity contribution in [3.63, 3.8) is 0 Å². The number of carbonyl (C=O) groups excluding carboxylic acids is 2. The van der Waals surface area contributed by atoms with Gasteiger partial charge in [-0.05, 0) is 68.8 Å². The highest BCUT2D eigenvalue weighted by atomic mass is 35.5. The number of hydrogen-bond donors (Lipinski definition) is 1.